The molecule has 2 rings (SSSR count). The fraction of sp³-hybridized carbons (Fsp3) is 0.182. The number of aldehydes is 1. The fourth-order valence-corrected chi connectivity index (χ4v) is 1.67. The van der Waals surface area contributed by atoms with E-state index in [0.717, 1.165) is 11.3 Å². The fourth-order valence-electron chi connectivity index (χ4n) is 1.50. The Kier molecular flexibility index (Phi) is 2.75. The molecule has 0 N–H and O–H groups in total. The molecular weight excluding hydrogens is 226 g/mol. The van der Waals surface area contributed by atoms with Crippen LogP contribution in [0.5, 0.6) is 0 Å². The molecule has 1 heterocycles. The van der Waals surface area contributed by atoms with Gasteiger partial charge >= 0.3 is 0 Å². The van der Waals surface area contributed by atoms with Crippen molar-refractivity contribution in [3.05, 3.63) is 40.2 Å². The Morgan fingerprint density at radius 3 is 2.75 bits per heavy atom. The Bertz CT molecular complexity index is 548. The molecule has 0 unspecified atom stereocenters. The molecule has 0 amide bonds. The summed E-state index contributed by atoms with van der Waals surface area (Å²) in [6.45, 7) is 3.70. The third-order valence-electron chi connectivity index (χ3n) is 2.51. The van der Waals surface area contributed by atoms with Crippen molar-refractivity contribution in [2.45, 2.75) is 13.8 Å². The van der Waals surface area contributed by atoms with Crippen LogP contribution in [0.25, 0.3) is 5.69 Å². The summed E-state index contributed by atoms with van der Waals surface area (Å²) >= 11 is 6.03. The van der Waals surface area contributed by atoms with Gasteiger partial charge in [0.25, 0.3) is 0 Å². The first-order chi connectivity index (χ1) is 7.65. The summed E-state index contributed by atoms with van der Waals surface area (Å²) in [6.07, 6.45) is 0.693. The first kappa shape index (κ1) is 10.8. The average Bonchev–Trinajstić information content (AvgIpc) is 2.64. The van der Waals surface area contributed by atoms with Gasteiger partial charge in [-0.1, -0.05) is 22.9 Å². The second-order valence-corrected chi connectivity index (χ2v) is 3.88. The summed E-state index contributed by atoms with van der Waals surface area (Å²) in [5.41, 5.74) is 2.81. The van der Waals surface area contributed by atoms with Crippen LogP contribution in [-0.2, 0) is 0 Å². The average molecular weight is 236 g/mol. The van der Waals surface area contributed by atoms with Gasteiger partial charge in [0.1, 0.15) is 5.69 Å². The summed E-state index contributed by atoms with van der Waals surface area (Å²) in [4.78, 5) is 10.7. The van der Waals surface area contributed by atoms with Crippen molar-refractivity contribution in [3.63, 3.8) is 0 Å². The van der Waals surface area contributed by atoms with E-state index in [1.54, 1.807) is 11.6 Å². The zero-order chi connectivity index (χ0) is 11.7. The zero-order valence-corrected chi connectivity index (χ0v) is 9.69. The summed E-state index contributed by atoms with van der Waals surface area (Å²) in [5, 5.41) is 8.39. The van der Waals surface area contributed by atoms with Crippen molar-refractivity contribution in [1.82, 2.24) is 15.0 Å². The summed E-state index contributed by atoms with van der Waals surface area (Å²) in [6, 6.07) is 5.54. The lowest BCUT2D eigenvalue weighted by Crippen LogP contribution is -2.02. The van der Waals surface area contributed by atoms with Gasteiger partial charge in [0.2, 0.25) is 0 Å². The molecule has 2 aromatic rings. The lowest BCUT2D eigenvalue weighted by atomic mass is 10.2. The van der Waals surface area contributed by atoms with Crippen LogP contribution in [0.1, 0.15) is 21.7 Å². The first-order valence-electron chi connectivity index (χ1n) is 4.78. The first-order valence-corrected chi connectivity index (χ1v) is 5.16. The highest BCUT2D eigenvalue weighted by molar-refractivity contribution is 6.31. The van der Waals surface area contributed by atoms with E-state index < -0.39 is 0 Å². The number of hydrogen-bond donors (Lipinski definition) is 0. The van der Waals surface area contributed by atoms with Gasteiger partial charge in [-0.3, -0.25) is 4.79 Å². The van der Waals surface area contributed by atoms with E-state index in [2.05, 4.69) is 10.3 Å². The standard InChI is InChI=1S/C11H10ClN3O/c1-7-9(12)4-3-5-11(7)15-8(2)10(6-16)13-14-15/h3-6H,1-2H3. The highest BCUT2D eigenvalue weighted by Crippen LogP contribution is 2.22. The van der Waals surface area contributed by atoms with E-state index in [4.69, 9.17) is 11.6 Å². The minimum absolute atomic E-state index is 0.347. The predicted octanol–water partition coefficient (Wildman–Crippen LogP) is 2.35. The minimum Gasteiger partial charge on any atom is -0.296 e. The lowest BCUT2D eigenvalue weighted by molar-refractivity contribution is 0.111. The van der Waals surface area contributed by atoms with Gasteiger partial charge < -0.3 is 0 Å². The van der Waals surface area contributed by atoms with Gasteiger partial charge in [0.15, 0.2) is 6.29 Å². The molecule has 0 aliphatic carbocycles. The van der Waals surface area contributed by atoms with Gasteiger partial charge in [-0.25, -0.2) is 4.68 Å². The van der Waals surface area contributed by atoms with Crippen molar-refractivity contribution in [3.8, 4) is 5.69 Å². The Labute approximate surface area is 97.8 Å². The molecule has 0 radical (unpaired) electrons. The maximum absolute atomic E-state index is 10.7. The predicted molar refractivity (Wildman–Crippen MR) is 61.2 cm³/mol. The van der Waals surface area contributed by atoms with Crippen molar-refractivity contribution < 1.29 is 4.79 Å². The van der Waals surface area contributed by atoms with Crippen molar-refractivity contribution in [2.75, 3.05) is 0 Å². The number of halogens is 1. The Balaban J connectivity index is 2.63. The highest BCUT2D eigenvalue weighted by Gasteiger charge is 2.11. The third kappa shape index (κ3) is 1.61. The summed E-state index contributed by atoms with van der Waals surface area (Å²) < 4.78 is 1.62. The molecule has 0 aliphatic rings. The van der Waals surface area contributed by atoms with Gasteiger partial charge in [-0.2, -0.15) is 0 Å². The van der Waals surface area contributed by atoms with E-state index in [0.29, 0.717) is 22.7 Å². The molecule has 0 spiro atoms. The highest BCUT2D eigenvalue weighted by atomic mass is 35.5. The Morgan fingerprint density at radius 1 is 1.38 bits per heavy atom. The quantitative estimate of drug-likeness (QED) is 0.751. The van der Waals surface area contributed by atoms with Gasteiger partial charge in [-0.15, -0.1) is 5.10 Å². The topological polar surface area (TPSA) is 47.8 Å². The smallest absolute Gasteiger partial charge is 0.172 e. The van der Waals surface area contributed by atoms with Crippen LogP contribution in [-0.4, -0.2) is 21.3 Å². The minimum atomic E-state index is 0.347. The molecule has 1 aromatic carbocycles. The molecule has 0 bridgehead atoms. The molecule has 0 saturated carbocycles. The van der Waals surface area contributed by atoms with E-state index in [-0.39, 0.29) is 0 Å². The van der Waals surface area contributed by atoms with E-state index in [9.17, 15) is 4.79 Å². The van der Waals surface area contributed by atoms with Crippen LogP contribution in [0, 0.1) is 13.8 Å². The molecule has 4 nitrogen and oxygen atoms in total. The van der Waals surface area contributed by atoms with Crippen LogP contribution < -0.4 is 0 Å². The zero-order valence-electron chi connectivity index (χ0n) is 8.94. The second-order valence-electron chi connectivity index (χ2n) is 3.47. The van der Waals surface area contributed by atoms with Gasteiger partial charge in [0, 0.05) is 5.02 Å². The molecule has 82 valence electrons. The summed E-state index contributed by atoms with van der Waals surface area (Å²) in [5.74, 6) is 0. The lowest BCUT2D eigenvalue weighted by Gasteiger charge is -2.07. The molecule has 1 aromatic heterocycles. The molecule has 0 saturated heterocycles. The largest absolute Gasteiger partial charge is 0.296 e. The number of hydrogen-bond acceptors (Lipinski definition) is 3. The van der Waals surface area contributed by atoms with Gasteiger partial charge in [0.05, 0.1) is 11.4 Å². The molecular formula is C11H10ClN3O. The van der Waals surface area contributed by atoms with E-state index in [1.165, 1.54) is 0 Å². The molecule has 5 heteroatoms. The van der Waals surface area contributed by atoms with Crippen molar-refractivity contribution >= 4 is 17.9 Å². The molecule has 0 aliphatic heterocycles. The SMILES string of the molecule is Cc1c(Cl)cccc1-n1nnc(C=O)c1C. The molecule has 0 atom stereocenters. The van der Waals surface area contributed by atoms with E-state index >= 15 is 0 Å². The van der Waals surface area contributed by atoms with Crippen LogP contribution in [0.15, 0.2) is 18.2 Å². The van der Waals surface area contributed by atoms with Crippen molar-refractivity contribution in [1.29, 1.82) is 0 Å². The van der Waals surface area contributed by atoms with Crippen LogP contribution >= 0.6 is 11.6 Å². The number of carbonyl (C=O) groups excluding carboxylic acids is 1. The Hall–Kier alpha value is -1.68. The van der Waals surface area contributed by atoms with Crippen LogP contribution in [0.4, 0.5) is 0 Å². The third-order valence-corrected chi connectivity index (χ3v) is 2.92. The van der Waals surface area contributed by atoms with Crippen molar-refractivity contribution in [2.24, 2.45) is 0 Å². The normalized spacial score (nSPS) is 10.4. The van der Waals surface area contributed by atoms with E-state index in [1.807, 2.05) is 25.1 Å². The van der Waals surface area contributed by atoms with Crippen LogP contribution in [0.3, 0.4) is 0 Å². The summed E-state index contributed by atoms with van der Waals surface area (Å²) in [7, 11) is 0. The number of benzene rings is 1. The molecule has 16 heavy (non-hydrogen) atoms. The van der Waals surface area contributed by atoms with Gasteiger partial charge in [-0.05, 0) is 31.5 Å². The monoisotopic (exact) mass is 235 g/mol. The number of rotatable bonds is 2. The van der Waals surface area contributed by atoms with Crippen LogP contribution in [0.2, 0.25) is 5.02 Å². The maximum atomic E-state index is 10.7. The maximum Gasteiger partial charge on any atom is 0.172 e. The molecule has 0 fully saturated rings. The second kappa shape index (κ2) is 4.06. The number of aromatic nitrogens is 3. The number of nitrogens with zero attached hydrogens (tertiary/aromatic N) is 3. The Morgan fingerprint density at radius 2 is 2.12 bits per heavy atom. The number of carbonyl (C=O) groups is 1.